The van der Waals surface area contributed by atoms with Crippen molar-refractivity contribution in [1.82, 2.24) is 10.2 Å². The molecular weight excluding hydrogens is 380 g/mol. The smallest absolute Gasteiger partial charge is 0.260 e. The van der Waals surface area contributed by atoms with Crippen LogP contribution in [0.15, 0.2) is 48.5 Å². The first-order valence-corrected chi connectivity index (χ1v) is 9.54. The summed E-state index contributed by atoms with van der Waals surface area (Å²) in [6, 6.07) is 14.2. The van der Waals surface area contributed by atoms with Crippen LogP contribution in [0.1, 0.15) is 23.2 Å². The number of carbonyl (C=O) groups is 2. The van der Waals surface area contributed by atoms with Crippen molar-refractivity contribution >= 4 is 23.4 Å². The first kappa shape index (κ1) is 20.0. The number of para-hydroxylation sites is 1. The van der Waals surface area contributed by atoms with E-state index in [0.29, 0.717) is 48.0 Å². The predicted octanol–water partition coefficient (Wildman–Crippen LogP) is 3.15. The summed E-state index contributed by atoms with van der Waals surface area (Å²) < 4.78 is 10.8. The van der Waals surface area contributed by atoms with Crippen LogP contribution in [0.3, 0.4) is 0 Å². The number of nitrogens with zero attached hydrogens (tertiary/aromatic N) is 1. The Hall–Kier alpha value is -2.73. The number of amides is 2. The maximum Gasteiger partial charge on any atom is 0.260 e. The van der Waals surface area contributed by atoms with Gasteiger partial charge in [-0.3, -0.25) is 9.59 Å². The largest absolute Gasteiger partial charge is 0.496 e. The van der Waals surface area contributed by atoms with Crippen LogP contribution >= 0.6 is 11.6 Å². The molecule has 7 heteroatoms. The Labute approximate surface area is 169 Å². The highest BCUT2D eigenvalue weighted by Crippen LogP contribution is 2.23. The van der Waals surface area contributed by atoms with Crippen LogP contribution in [0, 0.1) is 0 Å². The van der Waals surface area contributed by atoms with Crippen LogP contribution in [-0.4, -0.2) is 49.6 Å². The van der Waals surface area contributed by atoms with E-state index in [2.05, 4.69) is 5.32 Å². The van der Waals surface area contributed by atoms with Crippen molar-refractivity contribution in [3.63, 3.8) is 0 Å². The number of nitrogens with one attached hydrogen (secondary N) is 1. The van der Waals surface area contributed by atoms with Gasteiger partial charge in [-0.1, -0.05) is 29.8 Å². The molecule has 0 saturated carbocycles. The van der Waals surface area contributed by atoms with Crippen LogP contribution in [0.4, 0.5) is 0 Å². The third kappa shape index (κ3) is 5.16. The lowest BCUT2D eigenvalue weighted by Crippen LogP contribution is -2.47. The monoisotopic (exact) mass is 402 g/mol. The Morgan fingerprint density at radius 1 is 1.14 bits per heavy atom. The van der Waals surface area contributed by atoms with E-state index in [4.69, 9.17) is 21.1 Å². The first-order valence-electron chi connectivity index (χ1n) is 9.17. The molecule has 1 heterocycles. The quantitative estimate of drug-likeness (QED) is 0.806. The molecule has 0 unspecified atom stereocenters. The third-order valence-corrected chi connectivity index (χ3v) is 4.93. The van der Waals surface area contributed by atoms with Gasteiger partial charge in [0.05, 0.1) is 12.7 Å². The summed E-state index contributed by atoms with van der Waals surface area (Å²) in [6.07, 6.45) is 1.37. The molecule has 1 aliphatic heterocycles. The molecular formula is C21H23ClN2O4. The Bertz CT molecular complexity index is 820. The van der Waals surface area contributed by atoms with Gasteiger partial charge in [-0.25, -0.2) is 0 Å². The van der Waals surface area contributed by atoms with Crippen molar-refractivity contribution in [1.29, 1.82) is 0 Å². The zero-order chi connectivity index (χ0) is 19.9. The molecule has 0 spiro atoms. The lowest BCUT2D eigenvalue weighted by Gasteiger charge is -2.32. The fourth-order valence-electron chi connectivity index (χ4n) is 3.15. The van der Waals surface area contributed by atoms with Crippen molar-refractivity contribution < 1.29 is 19.1 Å². The summed E-state index contributed by atoms with van der Waals surface area (Å²) >= 11 is 6.00. The highest BCUT2D eigenvalue weighted by molar-refractivity contribution is 6.31. The summed E-state index contributed by atoms with van der Waals surface area (Å²) in [5, 5.41) is 3.48. The fraction of sp³-hybridized carbons (Fsp3) is 0.333. The van der Waals surface area contributed by atoms with Crippen molar-refractivity contribution in [3.8, 4) is 11.5 Å². The fourth-order valence-corrected chi connectivity index (χ4v) is 3.32. The molecule has 1 N–H and O–H groups in total. The molecule has 0 radical (unpaired) electrons. The topological polar surface area (TPSA) is 67.9 Å². The summed E-state index contributed by atoms with van der Waals surface area (Å²) in [7, 11) is 1.52. The maximum absolute atomic E-state index is 12.6. The number of hydrogen-bond acceptors (Lipinski definition) is 4. The normalized spacial score (nSPS) is 14.4. The van der Waals surface area contributed by atoms with Gasteiger partial charge in [0.15, 0.2) is 6.61 Å². The molecule has 0 aliphatic carbocycles. The van der Waals surface area contributed by atoms with Gasteiger partial charge in [-0.15, -0.1) is 0 Å². The van der Waals surface area contributed by atoms with E-state index in [9.17, 15) is 9.59 Å². The number of methoxy groups -OCH3 is 1. The number of hydrogen-bond donors (Lipinski definition) is 1. The summed E-state index contributed by atoms with van der Waals surface area (Å²) in [5.41, 5.74) is 0.407. The van der Waals surface area contributed by atoms with Gasteiger partial charge in [-0.2, -0.15) is 0 Å². The average Bonchev–Trinajstić information content (AvgIpc) is 2.73. The molecule has 2 aromatic carbocycles. The molecule has 148 valence electrons. The Balaban J connectivity index is 1.48. The van der Waals surface area contributed by atoms with Crippen molar-refractivity contribution in [2.45, 2.75) is 18.9 Å². The molecule has 0 atom stereocenters. The predicted molar refractivity (Wildman–Crippen MR) is 107 cm³/mol. The van der Waals surface area contributed by atoms with E-state index in [0.717, 1.165) is 0 Å². The highest BCUT2D eigenvalue weighted by atomic mass is 35.5. The minimum Gasteiger partial charge on any atom is -0.496 e. The second-order valence-electron chi connectivity index (χ2n) is 6.57. The van der Waals surface area contributed by atoms with E-state index < -0.39 is 0 Å². The van der Waals surface area contributed by atoms with Crippen molar-refractivity contribution in [2.24, 2.45) is 0 Å². The average molecular weight is 403 g/mol. The molecule has 1 saturated heterocycles. The molecule has 2 amide bonds. The summed E-state index contributed by atoms with van der Waals surface area (Å²) in [4.78, 5) is 26.7. The lowest BCUT2D eigenvalue weighted by atomic mass is 10.0. The van der Waals surface area contributed by atoms with Crippen LogP contribution in [0.2, 0.25) is 5.02 Å². The number of piperidine rings is 1. The van der Waals surface area contributed by atoms with Crippen molar-refractivity contribution in [3.05, 3.63) is 59.1 Å². The standard InChI is InChI=1S/C21H23ClN2O4/c1-27-19-8-7-15(22)13-18(19)21(26)23-16-9-11-24(12-10-16)20(25)14-28-17-5-3-2-4-6-17/h2-8,13,16H,9-12,14H2,1H3,(H,23,26). The zero-order valence-corrected chi connectivity index (χ0v) is 16.4. The van der Waals surface area contributed by atoms with E-state index in [1.54, 1.807) is 23.1 Å². The summed E-state index contributed by atoms with van der Waals surface area (Å²) in [5.74, 6) is 0.878. The second-order valence-corrected chi connectivity index (χ2v) is 7.01. The highest BCUT2D eigenvalue weighted by Gasteiger charge is 2.25. The number of rotatable bonds is 6. The van der Waals surface area contributed by atoms with Crippen molar-refractivity contribution in [2.75, 3.05) is 26.8 Å². The Morgan fingerprint density at radius 2 is 1.86 bits per heavy atom. The minimum atomic E-state index is -0.225. The number of likely N-dealkylation sites (tertiary alicyclic amines) is 1. The van der Waals surface area contributed by atoms with E-state index >= 15 is 0 Å². The maximum atomic E-state index is 12.6. The van der Waals surface area contributed by atoms with E-state index in [-0.39, 0.29) is 24.5 Å². The molecule has 0 bridgehead atoms. The first-order chi connectivity index (χ1) is 13.6. The minimum absolute atomic E-state index is 0.00437. The second kappa shape index (κ2) is 9.46. The molecule has 0 aromatic heterocycles. The number of ether oxygens (including phenoxy) is 2. The van der Waals surface area contributed by atoms with E-state index in [1.165, 1.54) is 7.11 Å². The number of halogens is 1. The lowest BCUT2D eigenvalue weighted by molar-refractivity contribution is -0.134. The molecule has 3 rings (SSSR count). The van der Waals surface area contributed by atoms with Crippen LogP contribution in [-0.2, 0) is 4.79 Å². The van der Waals surface area contributed by atoms with Gasteiger partial charge in [0.2, 0.25) is 0 Å². The van der Waals surface area contributed by atoms with Gasteiger partial charge in [0.25, 0.3) is 11.8 Å². The SMILES string of the molecule is COc1ccc(Cl)cc1C(=O)NC1CCN(C(=O)COc2ccccc2)CC1. The molecule has 6 nitrogen and oxygen atoms in total. The number of benzene rings is 2. The third-order valence-electron chi connectivity index (χ3n) is 4.69. The molecule has 1 fully saturated rings. The van der Waals surface area contributed by atoms with Gasteiger partial charge < -0.3 is 19.7 Å². The number of carbonyl (C=O) groups excluding carboxylic acids is 2. The van der Waals surface area contributed by atoms with Gasteiger partial charge in [0.1, 0.15) is 11.5 Å². The van der Waals surface area contributed by atoms with Crippen LogP contribution < -0.4 is 14.8 Å². The molecule has 1 aliphatic rings. The summed E-state index contributed by atoms with van der Waals surface area (Å²) in [6.45, 7) is 1.17. The van der Waals surface area contributed by atoms with Gasteiger partial charge in [-0.05, 0) is 43.2 Å². The molecule has 28 heavy (non-hydrogen) atoms. The Morgan fingerprint density at radius 3 is 2.54 bits per heavy atom. The van der Waals surface area contributed by atoms with Gasteiger partial charge in [0, 0.05) is 24.2 Å². The zero-order valence-electron chi connectivity index (χ0n) is 15.7. The van der Waals surface area contributed by atoms with Crippen LogP contribution in [0.5, 0.6) is 11.5 Å². The van der Waals surface area contributed by atoms with Gasteiger partial charge >= 0.3 is 0 Å². The Kier molecular flexibility index (Phi) is 6.76. The molecule has 2 aromatic rings. The van der Waals surface area contributed by atoms with Crippen LogP contribution in [0.25, 0.3) is 0 Å². The van der Waals surface area contributed by atoms with E-state index in [1.807, 2.05) is 30.3 Å².